The fraction of sp³-hybridized carbons (Fsp3) is 0.500. The Morgan fingerprint density at radius 3 is 3.00 bits per heavy atom. The van der Waals surface area contributed by atoms with Gasteiger partial charge in [0.15, 0.2) is 9.84 Å². The van der Waals surface area contributed by atoms with Crippen LogP contribution in [0, 0.1) is 5.92 Å². The van der Waals surface area contributed by atoms with E-state index in [0.717, 1.165) is 18.4 Å². The van der Waals surface area contributed by atoms with Crippen LogP contribution < -0.4 is 0 Å². The van der Waals surface area contributed by atoms with E-state index in [1.54, 1.807) is 0 Å². The molecule has 2 rings (SSSR count). The van der Waals surface area contributed by atoms with Gasteiger partial charge in [-0.25, -0.2) is 8.42 Å². The molecule has 2 nitrogen and oxygen atoms in total. The predicted molar refractivity (Wildman–Crippen MR) is 43.7 cm³/mol. The summed E-state index contributed by atoms with van der Waals surface area (Å²) < 4.78 is 22.2. The highest BCUT2D eigenvalue weighted by atomic mass is 32.2. The lowest BCUT2D eigenvalue weighted by Crippen LogP contribution is -2.08. The van der Waals surface area contributed by atoms with Gasteiger partial charge in [-0.05, 0) is 24.3 Å². The lowest BCUT2D eigenvalue weighted by molar-refractivity contribution is 0.584. The molecule has 0 radical (unpaired) electrons. The predicted octanol–water partition coefficient (Wildman–Crippen LogP) is 1.26. The molecule has 2 aliphatic rings. The van der Waals surface area contributed by atoms with Crippen LogP contribution in [0.25, 0.3) is 0 Å². The molecule has 0 N–H and O–H groups in total. The van der Waals surface area contributed by atoms with Crippen molar-refractivity contribution in [1.82, 2.24) is 0 Å². The largest absolute Gasteiger partial charge is 0.224 e. The van der Waals surface area contributed by atoms with Gasteiger partial charge in [-0.2, -0.15) is 0 Å². The summed E-state index contributed by atoms with van der Waals surface area (Å²) in [6, 6.07) is 0. The molecule has 1 atom stereocenters. The molecule has 0 saturated heterocycles. The van der Waals surface area contributed by atoms with Crippen molar-refractivity contribution in [2.45, 2.75) is 12.8 Å². The van der Waals surface area contributed by atoms with Crippen LogP contribution in [0.3, 0.4) is 0 Å². The van der Waals surface area contributed by atoms with Gasteiger partial charge >= 0.3 is 0 Å². The molecule has 0 spiro atoms. The average molecular weight is 170 g/mol. The molecule has 1 aliphatic heterocycles. The Morgan fingerprint density at radius 2 is 2.27 bits per heavy atom. The van der Waals surface area contributed by atoms with Crippen LogP contribution in [0.1, 0.15) is 12.8 Å². The first-order valence-corrected chi connectivity index (χ1v) is 5.50. The van der Waals surface area contributed by atoms with E-state index in [1.165, 1.54) is 5.41 Å². The van der Waals surface area contributed by atoms with Crippen LogP contribution in [0.2, 0.25) is 0 Å². The van der Waals surface area contributed by atoms with E-state index >= 15 is 0 Å². The van der Waals surface area contributed by atoms with Crippen LogP contribution in [-0.4, -0.2) is 14.2 Å². The van der Waals surface area contributed by atoms with Crippen molar-refractivity contribution in [3.05, 3.63) is 23.1 Å². The molecular formula is C8H10O2S. The maximum Gasteiger partial charge on any atom is 0.172 e. The van der Waals surface area contributed by atoms with Gasteiger partial charge in [0.05, 0.1) is 5.75 Å². The molecule has 0 fully saturated rings. The molecule has 0 aromatic carbocycles. The molecule has 1 heterocycles. The van der Waals surface area contributed by atoms with Crippen molar-refractivity contribution < 1.29 is 8.42 Å². The molecular weight excluding hydrogens is 160 g/mol. The maximum atomic E-state index is 11.1. The molecule has 0 saturated carbocycles. The zero-order valence-electron chi connectivity index (χ0n) is 6.16. The van der Waals surface area contributed by atoms with Gasteiger partial charge in [-0.1, -0.05) is 12.2 Å². The van der Waals surface area contributed by atoms with E-state index in [0.29, 0.717) is 11.7 Å². The van der Waals surface area contributed by atoms with Gasteiger partial charge in [0.1, 0.15) is 0 Å². The first kappa shape index (κ1) is 7.10. The Bertz CT molecular complexity index is 322. The standard InChI is InChI=1S/C8H10O2S/c9-11(10)5-7-3-1-2-4-8(7)6-11/h1,3,5,8H,2,4,6H2. The smallest absolute Gasteiger partial charge is 0.172 e. The SMILES string of the molecule is O=S1(=O)C=C2C=CCCC2C1. The lowest BCUT2D eigenvalue weighted by Gasteiger charge is -2.12. The summed E-state index contributed by atoms with van der Waals surface area (Å²) in [5.41, 5.74) is 1.01. The van der Waals surface area contributed by atoms with Crippen molar-refractivity contribution in [3.8, 4) is 0 Å². The highest BCUT2D eigenvalue weighted by Crippen LogP contribution is 2.31. The molecule has 0 aromatic rings. The zero-order chi connectivity index (χ0) is 7.90. The number of hydrogen-bond donors (Lipinski definition) is 0. The van der Waals surface area contributed by atoms with Crippen molar-refractivity contribution in [3.63, 3.8) is 0 Å². The summed E-state index contributed by atoms with van der Waals surface area (Å²) in [5.74, 6) is 0.636. The summed E-state index contributed by atoms with van der Waals surface area (Å²) in [6.45, 7) is 0. The Labute approximate surface area is 66.5 Å². The van der Waals surface area contributed by atoms with E-state index in [1.807, 2.05) is 12.2 Å². The summed E-state index contributed by atoms with van der Waals surface area (Å²) in [5, 5.41) is 1.42. The van der Waals surface area contributed by atoms with Gasteiger partial charge in [0.25, 0.3) is 0 Å². The minimum atomic E-state index is -2.84. The minimum absolute atomic E-state index is 0.296. The number of rotatable bonds is 0. The monoisotopic (exact) mass is 170 g/mol. The highest BCUT2D eigenvalue weighted by Gasteiger charge is 2.28. The molecule has 0 bridgehead atoms. The summed E-state index contributed by atoms with van der Waals surface area (Å²) in [4.78, 5) is 0. The number of sulfone groups is 1. The quantitative estimate of drug-likeness (QED) is 0.548. The second-order valence-electron chi connectivity index (χ2n) is 3.12. The number of allylic oxidation sites excluding steroid dienone is 3. The molecule has 1 aliphatic carbocycles. The van der Waals surface area contributed by atoms with E-state index in [4.69, 9.17) is 0 Å². The minimum Gasteiger partial charge on any atom is -0.224 e. The summed E-state index contributed by atoms with van der Waals surface area (Å²) >= 11 is 0. The first-order valence-electron chi connectivity index (χ1n) is 3.78. The molecule has 0 aromatic heterocycles. The third-order valence-corrected chi connectivity index (χ3v) is 3.71. The van der Waals surface area contributed by atoms with Crippen LogP contribution in [-0.2, 0) is 9.84 Å². The van der Waals surface area contributed by atoms with Gasteiger partial charge < -0.3 is 0 Å². The molecule has 1 unspecified atom stereocenters. The van der Waals surface area contributed by atoms with Crippen molar-refractivity contribution in [2.75, 3.05) is 5.75 Å². The van der Waals surface area contributed by atoms with E-state index in [2.05, 4.69) is 0 Å². The van der Waals surface area contributed by atoms with Crippen molar-refractivity contribution >= 4 is 9.84 Å². The van der Waals surface area contributed by atoms with Gasteiger partial charge in [-0.15, -0.1) is 0 Å². The topological polar surface area (TPSA) is 34.1 Å². The van der Waals surface area contributed by atoms with Crippen molar-refractivity contribution in [1.29, 1.82) is 0 Å². The second-order valence-corrected chi connectivity index (χ2v) is 5.02. The highest BCUT2D eigenvalue weighted by molar-refractivity contribution is 7.94. The Balaban J connectivity index is 2.41. The molecule has 3 heteroatoms. The van der Waals surface area contributed by atoms with Crippen molar-refractivity contribution in [2.24, 2.45) is 5.92 Å². The van der Waals surface area contributed by atoms with Gasteiger partial charge in [-0.3, -0.25) is 0 Å². The van der Waals surface area contributed by atoms with E-state index < -0.39 is 9.84 Å². The Morgan fingerprint density at radius 1 is 1.45 bits per heavy atom. The molecule has 11 heavy (non-hydrogen) atoms. The summed E-state index contributed by atoms with van der Waals surface area (Å²) in [7, 11) is -2.84. The maximum absolute atomic E-state index is 11.1. The Hall–Kier alpha value is -0.570. The van der Waals surface area contributed by atoms with Crippen LogP contribution in [0.15, 0.2) is 23.1 Å². The van der Waals surface area contributed by atoms with Crippen LogP contribution in [0.4, 0.5) is 0 Å². The second kappa shape index (κ2) is 2.21. The van der Waals surface area contributed by atoms with Gasteiger partial charge in [0, 0.05) is 5.41 Å². The van der Waals surface area contributed by atoms with Crippen LogP contribution >= 0.6 is 0 Å². The fourth-order valence-corrected chi connectivity index (χ4v) is 3.37. The van der Waals surface area contributed by atoms with E-state index in [-0.39, 0.29) is 0 Å². The fourth-order valence-electron chi connectivity index (χ4n) is 1.67. The first-order chi connectivity index (χ1) is 5.17. The normalized spacial score (nSPS) is 33.1. The zero-order valence-corrected chi connectivity index (χ0v) is 6.97. The number of fused-ring (bicyclic) bond motifs is 1. The third kappa shape index (κ3) is 1.25. The van der Waals surface area contributed by atoms with Gasteiger partial charge in [0.2, 0.25) is 0 Å². The molecule has 0 amide bonds. The molecule has 60 valence electrons. The third-order valence-electron chi connectivity index (χ3n) is 2.21. The number of hydrogen-bond acceptors (Lipinski definition) is 2. The average Bonchev–Trinajstić information content (AvgIpc) is 2.21. The summed E-state index contributed by atoms with van der Waals surface area (Å²) in [6.07, 6.45) is 6.01. The van der Waals surface area contributed by atoms with E-state index in [9.17, 15) is 8.42 Å². The van der Waals surface area contributed by atoms with Crippen LogP contribution in [0.5, 0.6) is 0 Å². The Kier molecular flexibility index (Phi) is 1.42. The lowest BCUT2D eigenvalue weighted by atomic mass is 9.92.